The highest BCUT2D eigenvalue weighted by Gasteiger charge is 2.40. The van der Waals surface area contributed by atoms with Gasteiger partial charge < -0.3 is 10.2 Å². The summed E-state index contributed by atoms with van der Waals surface area (Å²) < 4.78 is 1.18. The normalized spacial score (nSPS) is 17.6. The number of aromatic nitrogens is 1. The summed E-state index contributed by atoms with van der Waals surface area (Å²) in [6, 6.07) is 18.9. The fraction of sp³-hybridized carbons (Fsp3) is 0.391. The molecule has 1 unspecified atom stereocenters. The summed E-state index contributed by atoms with van der Waals surface area (Å²) in [5, 5.41) is 4.36. The van der Waals surface area contributed by atoms with E-state index in [0.717, 1.165) is 42.0 Å². The average molecular weight is 394 g/mol. The second-order valence-corrected chi connectivity index (χ2v) is 8.92. The highest BCUT2D eigenvalue weighted by atomic mass is 32.1. The zero-order chi connectivity index (χ0) is 19.6. The molecule has 1 amide bonds. The van der Waals surface area contributed by atoms with Crippen LogP contribution in [-0.4, -0.2) is 42.0 Å². The molecule has 1 saturated heterocycles. The Morgan fingerprint density at radius 2 is 1.82 bits per heavy atom. The van der Waals surface area contributed by atoms with Crippen LogP contribution in [0.1, 0.15) is 30.3 Å². The topological polar surface area (TPSA) is 45.2 Å². The summed E-state index contributed by atoms with van der Waals surface area (Å²) in [4.78, 5) is 20.6. The molecule has 3 aromatic rings. The fourth-order valence-corrected chi connectivity index (χ4v) is 5.25. The molecule has 4 rings (SSSR count). The molecule has 1 aliphatic heterocycles. The molecule has 2 aromatic carbocycles. The van der Waals surface area contributed by atoms with Crippen LogP contribution in [0, 0.1) is 0 Å². The van der Waals surface area contributed by atoms with E-state index < -0.39 is 5.41 Å². The number of hydrogen-bond acceptors (Lipinski definition) is 4. The molecule has 1 atom stereocenters. The first-order valence-corrected chi connectivity index (χ1v) is 10.8. The number of para-hydroxylation sites is 1. The SMILES string of the molecule is CNC1CCN(C(=O)C(C)(Cc2nc3ccccc3s2)c2ccccc2)CC1. The number of nitrogens with zero attached hydrogens (tertiary/aromatic N) is 2. The minimum atomic E-state index is -0.610. The molecule has 28 heavy (non-hydrogen) atoms. The van der Waals surface area contributed by atoms with Crippen LogP contribution in [-0.2, 0) is 16.6 Å². The Morgan fingerprint density at radius 1 is 1.14 bits per heavy atom. The van der Waals surface area contributed by atoms with Crippen molar-refractivity contribution in [2.45, 2.75) is 37.6 Å². The monoisotopic (exact) mass is 393 g/mol. The Balaban J connectivity index is 1.65. The van der Waals surface area contributed by atoms with Crippen molar-refractivity contribution in [3.8, 4) is 0 Å². The summed E-state index contributed by atoms with van der Waals surface area (Å²) in [5.41, 5.74) is 1.47. The van der Waals surface area contributed by atoms with Crippen LogP contribution in [0.3, 0.4) is 0 Å². The lowest BCUT2D eigenvalue weighted by Crippen LogP contribution is -2.51. The van der Waals surface area contributed by atoms with E-state index in [1.165, 1.54) is 4.70 Å². The number of nitrogens with one attached hydrogen (secondary N) is 1. The van der Waals surface area contributed by atoms with Crippen molar-refractivity contribution in [2.24, 2.45) is 0 Å². The number of piperidine rings is 1. The molecule has 0 bridgehead atoms. The van der Waals surface area contributed by atoms with E-state index in [2.05, 4.69) is 30.4 Å². The van der Waals surface area contributed by atoms with E-state index in [9.17, 15) is 4.79 Å². The highest BCUT2D eigenvalue weighted by Crippen LogP contribution is 2.34. The highest BCUT2D eigenvalue weighted by molar-refractivity contribution is 7.18. The maximum Gasteiger partial charge on any atom is 0.233 e. The van der Waals surface area contributed by atoms with Crippen LogP contribution in [0.25, 0.3) is 10.2 Å². The number of benzene rings is 2. The number of carbonyl (C=O) groups excluding carboxylic acids is 1. The standard InChI is InChI=1S/C23H27N3OS/c1-23(17-8-4-3-5-9-17,22(27)26-14-12-18(24-2)13-15-26)16-21-25-19-10-6-7-11-20(19)28-21/h3-11,18,24H,12-16H2,1-2H3. The Morgan fingerprint density at radius 3 is 2.50 bits per heavy atom. The fourth-order valence-electron chi connectivity index (χ4n) is 4.13. The van der Waals surface area contributed by atoms with E-state index in [4.69, 9.17) is 4.98 Å². The predicted octanol–water partition coefficient (Wildman–Crippen LogP) is 4.01. The molecule has 1 aliphatic rings. The molecule has 1 aromatic heterocycles. The number of rotatable bonds is 5. The molecule has 1 fully saturated rings. The van der Waals surface area contributed by atoms with E-state index >= 15 is 0 Å². The number of hydrogen-bond donors (Lipinski definition) is 1. The summed E-state index contributed by atoms with van der Waals surface area (Å²) in [6.45, 7) is 3.71. The van der Waals surface area contributed by atoms with Crippen molar-refractivity contribution in [2.75, 3.05) is 20.1 Å². The summed E-state index contributed by atoms with van der Waals surface area (Å²) >= 11 is 1.70. The number of thiazole rings is 1. The number of amides is 1. The third-order valence-corrected chi connectivity index (χ3v) is 6.95. The molecule has 0 spiro atoms. The van der Waals surface area contributed by atoms with E-state index in [0.29, 0.717) is 12.5 Å². The minimum Gasteiger partial charge on any atom is -0.342 e. The Hall–Kier alpha value is -2.24. The van der Waals surface area contributed by atoms with Crippen LogP contribution >= 0.6 is 11.3 Å². The van der Waals surface area contributed by atoms with Gasteiger partial charge in [-0.25, -0.2) is 4.98 Å². The minimum absolute atomic E-state index is 0.215. The first kappa shape index (κ1) is 19.1. The summed E-state index contributed by atoms with van der Waals surface area (Å²) in [6.07, 6.45) is 2.64. The first-order valence-electron chi connectivity index (χ1n) is 9.97. The Bertz CT molecular complexity index is 914. The van der Waals surface area contributed by atoms with E-state index in [1.807, 2.05) is 48.3 Å². The van der Waals surface area contributed by atoms with Crippen molar-refractivity contribution < 1.29 is 4.79 Å². The van der Waals surface area contributed by atoms with Gasteiger partial charge in [0.2, 0.25) is 5.91 Å². The van der Waals surface area contributed by atoms with Crippen molar-refractivity contribution in [3.63, 3.8) is 0 Å². The van der Waals surface area contributed by atoms with Gasteiger partial charge in [-0.3, -0.25) is 4.79 Å². The molecule has 5 heteroatoms. The number of fused-ring (bicyclic) bond motifs is 1. The first-order chi connectivity index (χ1) is 13.6. The van der Waals surface area contributed by atoms with Gasteiger partial charge in [0.1, 0.15) is 0 Å². The van der Waals surface area contributed by atoms with Crippen molar-refractivity contribution in [3.05, 3.63) is 65.2 Å². The molecule has 146 valence electrons. The van der Waals surface area contributed by atoms with Crippen LogP contribution in [0.4, 0.5) is 0 Å². The van der Waals surface area contributed by atoms with Gasteiger partial charge in [-0.15, -0.1) is 11.3 Å². The lowest BCUT2D eigenvalue weighted by Gasteiger charge is -2.38. The second-order valence-electron chi connectivity index (χ2n) is 7.81. The largest absolute Gasteiger partial charge is 0.342 e. The lowest BCUT2D eigenvalue weighted by atomic mass is 9.78. The van der Waals surface area contributed by atoms with Crippen molar-refractivity contribution in [1.82, 2.24) is 15.2 Å². The molecule has 0 aliphatic carbocycles. The quantitative estimate of drug-likeness (QED) is 0.712. The summed E-state index contributed by atoms with van der Waals surface area (Å²) in [7, 11) is 2.00. The van der Waals surface area contributed by atoms with Gasteiger partial charge >= 0.3 is 0 Å². The van der Waals surface area contributed by atoms with E-state index in [1.54, 1.807) is 11.3 Å². The van der Waals surface area contributed by atoms with Gasteiger partial charge in [-0.2, -0.15) is 0 Å². The molecule has 0 radical (unpaired) electrons. The van der Waals surface area contributed by atoms with Crippen LogP contribution in [0.15, 0.2) is 54.6 Å². The third-order valence-electron chi connectivity index (χ3n) is 5.92. The molecular formula is C23H27N3OS. The Kier molecular flexibility index (Phi) is 5.47. The van der Waals surface area contributed by atoms with Gasteiger partial charge in [0.15, 0.2) is 0 Å². The third kappa shape index (κ3) is 3.69. The second kappa shape index (κ2) is 8.02. The van der Waals surface area contributed by atoms with Gasteiger partial charge in [-0.1, -0.05) is 42.5 Å². The maximum atomic E-state index is 13.7. The molecule has 1 N–H and O–H groups in total. The van der Waals surface area contributed by atoms with Crippen LogP contribution in [0.2, 0.25) is 0 Å². The zero-order valence-corrected chi connectivity index (χ0v) is 17.3. The van der Waals surface area contributed by atoms with Crippen LogP contribution < -0.4 is 5.32 Å². The van der Waals surface area contributed by atoms with Crippen LogP contribution in [0.5, 0.6) is 0 Å². The number of carbonyl (C=O) groups is 1. The predicted molar refractivity (Wildman–Crippen MR) is 116 cm³/mol. The van der Waals surface area contributed by atoms with Gasteiger partial charge in [-0.05, 0) is 44.5 Å². The van der Waals surface area contributed by atoms with Crippen molar-refractivity contribution in [1.29, 1.82) is 0 Å². The molecule has 0 saturated carbocycles. The van der Waals surface area contributed by atoms with Gasteiger partial charge in [0.05, 0.1) is 20.6 Å². The zero-order valence-electron chi connectivity index (χ0n) is 16.5. The van der Waals surface area contributed by atoms with Gasteiger partial charge in [0, 0.05) is 25.6 Å². The average Bonchev–Trinajstić information content (AvgIpc) is 3.16. The molecule has 2 heterocycles. The Labute approximate surface area is 170 Å². The summed E-state index contributed by atoms with van der Waals surface area (Å²) in [5.74, 6) is 0.215. The smallest absolute Gasteiger partial charge is 0.233 e. The van der Waals surface area contributed by atoms with E-state index in [-0.39, 0.29) is 5.91 Å². The number of likely N-dealkylation sites (tertiary alicyclic amines) is 1. The molecule has 4 nitrogen and oxygen atoms in total. The molecular weight excluding hydrogens is 366 g/mol. The van der Waals surface area contributed by atoms with Gasteiger partial charge in [0.25, 0.3) is 0 Å². The maximum absolute atomic E-state index is 13.7. The van der Waals surface area contributed by atoms with Crippen molar-refractivity contribution >= 4 is 27.5 Å². The lowest BCUT2D eigenvalue weighted by molar-refractivity contribution is -0.138.